The largest absolute Gasteiger partial charge is 0.464 e. The van der Waals surface area contributed by atoms with Crippen LogP contribution in [-0.2, 0) is 25.5 Å². The van der Waals surface area contributed by atoms with Crippen molar-refractivity contribution in [3.05, 3.63) is 35.4 Å². The molecular weight excluding hydrogens is 394 g/mol. The van der Waals surface area contributed by atoms with Crippen LogP contribution in [0, 0.1) is 17.0 Å². The summed E-state index contributed by atoms with van der Waals surface area (Å²) >= 11 is 0. The average Bonchev–Trinajstić information content (AvgIpc) is 2.61. The Balaban J connectivity index is 2.61. The van der Waals surface area contributed by atoms with Gasteiger partial charge in [-0.3, -0.25) is 25.0 Å². The molecule has 2 atom stereocenters. The molecular formula is C22H32F2N2O4. The standard InChI is InChI=1S/C22H32F2N2O4/c1-6-7-8-18(13-30-21(29)22(3,4)5)25-14(2)20(28)26-19(27)11-15-9-16(23)12-17(24)10-15/h9-10,12,14,18,25H,6-8,11,13H2,1-5H3,(H,26,27,28)/t14-,18-/m0/s1. The Kier molecular flexibility index (Phi) is 10.0. The minimum atomic E-state index is -0.789. The number of imide groups is 1. The quantitative estimate of drug-likeness (QED) is 0.561. The van der Waals surface area contributed by atoms with Crippen molar-refractivity contribution in [3.8, 4) is 0 Å². The molecule has 0 aliphatic carbocycles. The van der Waals surface area contributed by atoms with Gasteiger partial charge >= 0.3 is 5.97 Å². The van der Waals surface area contributed by atoms with E-state index < -0.39 is 34.9 Å². The molecule has 0 saturated carbocycles. The van der Waals surface area contributed by atoms with Crippen LogP contribution in [0.5, 0.6) is 0 Å². The number of carbonyl (C=O) groups excluding carboxylic acids is 3. The number of unbranched alkanes of at least 4 members (excludes halogenated alkanes) is 1. The van der Waals surface area contributed by atoms with Gasteiger partial charge in [0.2, 0.25) is 11.8 Å². The second-order valence-corrected chi connectivity index (χ2v) is 8.44. The number of hydrogen-bond donors (Lipinski definition) is 2. The van der Waals surface area contributed by atoms with Gasteiger partial charge in [0, 0.05) is 12.1 Å². The molecule has 1 rings (SSSR count). The Morgan fingerprint density at radius 1 is 1.10 bits per heavy atom. The van der Waals surface area contributed by atoms with E-state index in [1.54, 1.807) is 27.7 Å². The number of benzene rings is 1. The van der Waals surface area contributed by atoms with E-state index in [1.807, 2.05) is 6.92 Å². The van der Waals surface area contributed by atoms with Crippen LogP contribution in [0.15, 0.2) is 18.2 Å². The maximum Gasteiger partial charge on any atom is 0.311 e. The SMILES string of the molecule is CCCC[C@@H](COC(=O)C(C)(C)C)N[C@@H](C)C(=O)NC(=O)Cc1cc(F)cc(F)c1. The Morgan fingerprint density at radius 2 is 1.70 bits per heavy atom. The van der Waals surface area contributed by atoms with Crippen LogP contribution in [0.3, 0.4) is 0 Å². The average molecular weight is 427 g/mol. The van der Waals surface area contributed by atoms with Crippen LogP contribution in [0.25, 0.3) is 0 Å². The van der Waals surface area contributed by atoms with Crippen LogP contribution < -0.4 is 10.6 Å². The second kappa shape index (κ2) is 11.7. The van der Waals surface area contributed by atoms with Gasteiger partial charge < -0.3 is 4.74 Å². The van der Waals surface area contributed by atoms with E-state index in [0.29, 0.717) is 12.5 Å². The van der Waals surface area contributed by atoms with Gasteiger partial charge in [0.15, 0.2) is 0 Å². The van der Waals surface area contributed by atoms with Crippen LogP contribution in [0.1, 0.15) is 59.4 Å². The molecule has 0 bridgehead atoms. The molecule has 0 heterocycles. The number of carbonyl (C=O) groups is 3. The Bertz CT molecular complexity index is 727. The molecule has 0 radical (unpaired) electrons. The maximum atomic E-state index is 13.2. The van der Waals surface area contributed by atoms with Crippen molar-refractivity contribution < 1.29 is 27.9 Å². The molecule has 1 aromatic carbocycles. The summed E-state index contributed by atoms with van der Waals surface area (Å²) in [4.78, 5) is 36.4. The van der Waals surface area contributed by atoms with Gasteiger partial charge in [-0.2, -0.15) is 0 Å². The van der Waals surface area contributed by atoms with Crippen LogP contribution >= 0.6 is 0 Å². The topological polar surface area (TPSA) is 84.5 Å². The summed E-state index contributed by atoms with van der Waals surface area (Å²) in [6.07, 6.45) is 2.19. The molecule has 6 nitrogen and oxygen atoms in total. The first-order valence-corrected chi connectivity index (χ1v) is 10.1. The molecule has 2 N–H and O–H groups in total. The lowest BCUT2D eigenvalue weighted by Crippen LogP contribution is -2.50. The molecule has 0 fully saturated rings. The Hall–Kier alpha value is -2.35. The zero-order chi connectivity index (χ0) is 22.9. The molecule has 0 saturated heterocycles. The summed E-state index contributed by atoms with van der Waals surface area (Å²) in [5.74, 6) is -3.14. The molecule has 0 unspecified atom stereocenters. The molecule has 0 aliphatic heterocycles. The summed E-state index contributed by atoms with van der Waals surface area (Å²) < 4.78 is 31.8. The van der Waals surface area contributed by atoms with Gasteiger partial charge in [-0.15, -0.1) is 0 Å². The Morgan fingerprint density at radius 3 is 2.23 bits per heavy atom. The van der Waals surface area contributed by atoms with E-state index >= 15 is 0 Å². The maximum absolute atomic E-state index is 13.2. The van der Waals surface area contributed by atoms with E-state index in [1.165, 1.54) is 0 Å². The van der Waals surface area contributed by atoms with Gasteiger partial charge in [-0.25, -0.2) is 8.78 Å². The van der Waals surface area contributed by atoms with E-state index in [-0.39, 0.29) is 30.6 Å². The lowest BCUT2D eigenvalue weighted by atomic mass is 9.97. The predicted octanol–water partition coefficient (Wildman–Crippen LogP) is 3.28. The zero-order valence-corrected chi connectivity index (χ0v) is 18.3. The van der Waals surface area contributed by atoms with Crippen molar-refractivity contribution in [1.29, 1.82) is 0 Å². The van der Waals surface area contributed by atoms with E-state index in [9.17, 15) is 23.2 Å². The number of nitrogens with one attached hydrogen (secondary N) is 2. The van der Waals surface area contributed by atoms with Crippen molar-refractivity contribution in [2.45, 2.75) is 72.4 Å². The molecule has 0 aliphatic rings. The summed E-state index contributed by atoms with van der Waals surface area (Å²) in [7, 11) is 0. The number of hydrogen-bond acceptors (Lipinski definition) is 5. The van der Waals surface area contributed by atoms with Gasteiger partial charge in [0.25, 0.3) is 0 Å². The van der Waals surface area contributed by atoms with Gasteiger partial charge in [0.1, 0.15) is 18.2 Å². The van der Waals surface area contributed by atoms with Crippen molar-refractivity contribution in [2.24, 2.45) is 5.41 Å². The highest BCUT2D eigenvalue weighted by Crippen LogP contribution is 2.16. The third-order valence-corrected chi connectivity index (χ3v) is 4.36. The monoisotopic (exact) mass is 426 g/mol. The number of amides is 2. The smallest absolute Gasteiger partial charge is 0.311 e. The minimum Gasteiger partial charge on any atom is -0.464 e. The Labute approximate surface area is 176 Å². The van der Waals surface area contributed by atoms with Gasteiger partial charge in [-0.1, -0.05) is 19.8 Å². The highest BCUT2D eigenvalue weighted by molar-refractivity contribution is 5.98. The number of ether oxygens (including phenoxy) is 1. The summed E-state index contributed by atoms with van der Waals surface area (Å²) in [5, 5.41) is 5.31. The van der Waals surface area contributed by atoms with Crippen LogP contribution in [0.2, 0.25) is 0 Å². The number of rotatable bonds is 10. The van der Waals surface area contributed by atoms with E-state index in [2.05, 4.69) is 10.6 Å². The fourth-order valence-corrected chi connectivity index (χ4v) is 2.68. The highest BCUT2D eigenvalue weighted by Gasteiger charge is 2.25. The van der Waals surface area contributed by atoms with Crippen molar-refractivity contribution in [2.75, 3.05) is 6.61 Å². The first-order valence-electron chi connectivity index (χ1n) is 10.1. The predicted molar refractivity (Wildman–Crippen MR) is 110 cm³/mol. The highest BCUT2D eigenvalue weighted by atomic mass is 19.1. The molecule has 168 valence electrons. The first-order chi connectivity index (χ1) is 13.9. The van der Waals surface area contributed by atoms with E-state index in [4.69, 9.17) is 4.74 Å². The molecule has 8 heteroatoms. The summed E-state index contributed by atoms with van der Waals surface area (Å²) in [5.41, 5.74) is -0.491. The number of esters is 1. The second-order valence-electron chi connectivity index (χ2n) is 8.44. The zero-order valence-electron chi connectivity index (χ0n) is 18.3. The van der Waals surface area contributed by atoms with Crippen molar-refractivity contribution in [1.82, 2.24) is 10.6 Å². The molecule has 0 spiro atoms. The van der Waals surface area contributed by atoms with E-state index in [0.717, 1.165) is 25.0 Å². The molecule has 2 amide bonds. The minimum absolute atomic E-state index is 0.115. The third-order valence-electron chi connectivity index (χ3n) is 4.36. The van der Waals surface area contributed by atoms with Gasteiger partial charge in [-0.05, 0) is 51.8 Å². The van der Waals surface area contributed by atoms with Crippen molar-refractivity contribution in [3.63, 3.8) is 0 Å². The first kappa shape index (κ1) is 25.7. The fourth-order valence-electron chi connectivity index (χ4n) is 2.68. The fraction of sp³-hybridized carbons (Fsp3) is 0.591. The number of halogens is 2. The van der Waals surface area contributed by atoms with Gasteiger partial charge in [0.05, 0.1) is 17.9 Å². The van der Waals surface area contributed by atoms with Crippen molar-refractivity contribution >= 4 is 17.8 Å². The summed E-state index contributed by atoms with van der Waals surface area (Å²) in [6.45, 7) is 9.02. The normalized spacial score (nSPS) is 13.4. The lowest BCUT2D eigenvalue weighted by molar-refractivity contribution is -0.153. The molecule has 30 heavy (non-hydrogen) atoms. The van der Waals surface area contributed by atoms with Crippen LogP contribution in [-0.4, -0.2) is 36.5 Å². The molecule has 0 aromatic heterocycles. The van der Waals surface area contributed by atoms with Crippen LogP contribution in [0.4, 0.5) is 8.78 Å². The third kappa shape index (κ3) is 9.43. The lowest BCUT2D eigenvalue weighted by Gasteiger charge is -2.24. The summed E-state index contributed by atoms with van der Waals surface area (Å²) in [6, 6.07) is 1.82. The molecule has 1 aromatic rings.